The van der Waals surface area contributed by atoms with Gasteiger partial charge < -0.3 is 5.73 Å². The van der Waals surface area contributed by atoms with E-state index in [1.807, 2.05) is 6.07 Å². The molecule has 1 unspecified atom stereocenters. The summed E-state index contributed by atoms with van der Waals surface area (Å²) in [7, 11) is -3.50. The van der Waals surface area contributed by atoms with Crippen LogP contribution in [0.3, 0.4) is 0 Å². The molecule has 6 heteroatoms. The summed E-state index contributed by atoms with van der Waals surface area (Å²) in [5, 5.41) is 0. The van der Waals surface area contributed by atoms with E-state index in [0.717, 1.165) is 10.9 Å². The van der Waals surface area contributed by atoms with Gasteiger partial charge in [-0.25, -0.2) is 13.1 Å². The van der Waals surface area contributed by atoms with Crippen molar-refractivity contribution in [3.05, 3.63) is 28.2 Å². The summed E-state index contributed by atoms with van der Waals surface area (Å²) in [5.41, 5.74) is 6.61. The topological polar surface area (TPSA) is 72.2 Å². The van der Waals surface area contributed by atoms with Crippen LogP contribution >= 0.6 is 15.9 Å². The fourth-order valence-corrected chi connectivity index (χ4v) is 3.72. The van der Waals surface area contributed by atoms with Gasteiger partial charge >= 0.3 is 0 Å². The number of nitrogens with one attached hydrogen (secondary N) is 1. The number of halogens is 1. The van der Waals surface area contributed by atoms with Crippen molar-refractivity contribution in [1.82, 2.24) is 4.72 Å². The highest BCUT2D eigenvalue weighted by molar-refractivity contribution is 9.10. The van der Waals surface area contributed by atoms with Crippen molar-refractivity contribution in [3.8, 4) is 0 Å². The van der Waals surface area contributed by atoms with Crippen LogP contribution in [0.5, 0.6) is 0 Å². The van der Waals surface area contributed by atoms with E-state index in [-0.39, 0.29) is 12.6 Å². The Hall–Kier alpha value is -0.430. The molecule has 0 bridgehead atoms. The number of hydrogen-bond donors (Lipinski definition) is 2. The molecule has 3 N–H and O–H groups in total. The lowest BCUT2D eigenvalue weighted by molar-refractivity contribution is 0.485. The molecule has 0 aliphatic rings. The highest BCUT2D eigenvalue weighted by Gasteiger charge is 2.18. The molecule has 0 radical (unpaired) electrons. The predicted molar refractivity (Wildman–Crippen MR) is 81.5 cm³/mol. The first-order valence-corrected chi connectivity index (χ1v) is 8.51. The first-order chi connectivity index (χ1) is 8.72. The smallest absolute Gasteiger partial charge is 0.240 e. The number of sulfonamides is 1. The average molecular weight is 349 g/mol. The molecule has 0 aliphatic heterocycles. The molecular weight excluding hydrogens is 328 g/mol. The van der Waals surface area contributed by atoms with Crippen LogP contribution in [-0.2, 0) is 10.0 Å². The van der Waals surface area contributed by atoms with Gasteiger partial charge in [-0.05, 0) is 37.0 Å². The monoisotopic (exact) mass is 348 g/mol. The number of aryl methyl sites for hydroxylation is 1. The van der Waals surface area contributed by atoms with Gasteiger partial charge in [0, 0.05) is 17.1 Å². The number of benzene rings is 1. The maximum atomic E-state index is 12.2. The molecule has 108 valence electrons. The molecule has 1 atom stereocenters. The van der Waals surface area contributed by atoms with Gasteiger partial charge in [-0.2, -0.15) is 0 Å². The fourth-order valence-electron chi connectivity index (χ4n) is 1.85. The maximum absolute atomic E-state index is 12.2. The molecule has 1 aromatic rings. The Morgan fingerprint density at radius 2 is 2.00 bits per heavy atom. The van der Waals surface area contributed by atoms with Crippen LogP contribution < -0.4 is 10.5 Å². The third kappa shape index (κ3) is 5.22. The van der Waals surface area contributed by atoms with Crippen molar-refractivity contribution in [3.63, 3.8) is 0 Å². The zero-order chi connectivity index (χ0) is 14.6. The lowest BCUT2D eigenvalue weighted by atomic mass is 10.1. The lowest BCUT2D eigenvalue weighted by Gasteiger charge is -2.16. The Morgan fingerprint density at radius 1 is 1.37 bits per heavy atom. The van der Waals surface area contributed by atoms with Crippen LogP contribution in [-0.4, -0.2) is 21.0 Å². The molecule has 0 spiro atoms. The molecule has 1 aromatic carbocycles. The van der Waals surface area contributed by atoms with E-state index in [0.29, 0.717) is 16.4 Å². The second-order valence-corrected chi connectivity index (χ2v) is 7.80. The average Bonchev–Trinajstić information content (AvgIpc) is 2.29. The number of nitrogens with two attached hydrogens (primary N) is 1. The maximum Gasteiger partial charge on any atom is 0.240 e. The quantitative estimate of drug-likeness (QED) is 0.828. The van der Waals surface area contributed by atoms with E-state index in [2.05, 4.69) is 34.5 Å². The molecule has 0 heterocycles. The normalized spacial score (nSPS) is 13.8. The van der Waals surface area contributed by atoms with Crippen molar-refractivity contribution in [1.29, 1.82) is 0 Å². The summed E-state index contributed by atoms with van der Waals surface area (Å²) in [5.74, 6) is 0.451. The zero-order valence-corrected chi connectivity index (χ0v) is 13.9. The van der Waals surface area contributed by atoms with Gasteiger partial charge in [-0.3, -0.25) is 0 Å². The van der Waals surface area contributed by atoms with Crippen LogP contribution in [0.4, 0.5) is 0 Å². The van der Waals surface area contributed by atoms with Crippen molar-refractivity contribution < 1.29 is 8.42 Å². The molecule has 0 fully saturated rings. The van der Waals surface area contributed by atoms with E-state index in [4.69, 9.17) is 5.73 Å². The van der Waals surface area contributed by atoms with Crippen molar-refractivity contribution in [2.75, 3.05) is 6.54 Å². The molecular formula is C13H21BrN2O2S. The SMILES string of the molecule is Cc1ccc(Br)cc1S(=O)(=O)NCC(N)CC(C)C. The van der Waals surface area contributed by atoms with Crippen molar-refractivity contribution >= 4 is 26.0 Å². The minimum Gasteiger partial charge on any atom is -0.327 e. The van der Waals surface area contributed by atoms with Gasteiger partial charge in [0.05, 0.1) is 4.90 Å². The summed E-state index contributed by atoms with van der Waals surface area (Å²) < 4.78 is 27.7. The largest absolute Gasteiger partial charge is 0.327 e. The van der Waals surface area contributed by atoms with Gasteiger partial charge in [0.2, 0.25) is 10.0 Å². The molecule has 1 rings (SSSR count). The van der Waals surface area contributed by atoms with Crippen LogP contribution in [0.25, 0.3) is 0 Å². The summed E-state index contributed by atoms with van der Waals surface area (Å²) in [6, 6.07) is 5.03. The van der Waals surface area contributed by atoms with E-state index in [1.165, 1.54) is 0 Å². The van der Waals surface area contributed by atoms with Crippen LogP contribution in [0.15, 0.2) is 27.6 Å². The van der Waals surface area contributed by atoms with Crippen LogP contribution in [0.2, 0.25) is 0 Å². The Kier molecular flexibility index (Phi) is 5.98. The fraction of sp³-hybridized carbons (Fsp3) is 0.538. The molecule has 4 nitrogen and oxygen atoms in total. The molecule has 0 saturated heterocycles. The molecule has 19 heavy (non-hydrogen) atoms. The van der Waals surface area contributed by atoms with Gasteiger partial charge in [0.1, 0.15) is 0 Å². The molecule has 0 saturated carbocycles. The molecule has 0 aliphatic carbocycles. The Balaban J connectivity index is 2.79. The Bertz CT molecular complexity index is 529. The first-order valence-electron chi connectivity index (χ1n) is 6.23. The molecule has 0 aromatic heterocycles. The summed E-state index contributed by atoms with van der Waals surface area (Å²) in [6.07, 6.45) is 0.792. The van der Waals surface area contributed by atoms with Gasteiger partial charge in [0.25, 0.3) is 0 Å². The van der Waals surface area contributed by atoms with Gasteiger partial charge in [-0.15, -0.1) is 0 Å². The first kappa shape index (κ1) is 16.6. The summed E-state index contributed by atoms with van der Waals surface area (Å²) in [6.45, 7) is 6.15. The third-order valence-corrected chi connectivity index (χ3v) is 4.81. The highest BCUT2D eigenvalue weighted by atomic mass is 79.9. The Labute approximate surface area is 124 Å². The second-order valence-electron chi connectivity index (χ2n) is 5.15. The zero-order valence-electron chi connectivity index (χ0n) is 11.5. The Morgan fingerprint density at radius 3 is 2.58 bits per heavy atom. The van der Waals surface area contributed by atoms with Crippen molar-refractivity contribution in [2.45, 2.75) is 38.1 Å². The predicted octanol–water partition coefficient (Wildman–Crippen LogP) is 2.41. The lowest BCUT2D eigenvalue weighted by Crippen LogP contribution is -2.38. The van der Waals surface area contributed by atoms with Gasteiger partial charge in [0.15, 0.2) is 0 Å². The number of rotatable bonds is 6. The number of hydrogen-bond acceptors (Lipinski definition) is 3. The minimum absolute atomic E-state index is 0.165. The van der Waals surface area contributed by atoms with E-state index < -0.39 is 10.0 Å². The van der Waals surface area contributed by atoms with E-state index >= 15 is 0 Å². The summed E-state index contributed by atoms with van der Waals surface area (Å²) in [4.78, 5) is 0.290. The standard InChI is InChI=1S/C13H21BrN2O2S/c1-9(2)6-12(15)8-16-19(17,18)13-7-11(14)5-4-10(13)3/h4-5,7,9,12,16H,6,8,15H2,1-3H3. The van der Waals surface area contributed by atoms with Crippen LogP contribution in [0.1, 0.15) is 25.8 Å². The van der Waals surface area contributed by atoms with E-state index in [1.54, 1.807) is 19.1 Å². The molecule has 0 amide bonds. The minimum atomic E-state index is -3.50. The third-order valence-electron chi connectivity index (χ3n) is 2.75. The second kappa shape index (κ2) is 6.83. The van der Waals surface area contributed by atoms with E-state index in [9.17, 15) is 8.42 Å². The summed E-state index contributed by atoms with van der Waals surface area (Å²) >= 11 is 3.28. The highest BCUT2D eigenvalue weighted by Crippen LogP contribution is 2.20. The van der Waals surface area contributed by atoms with Gasteiger partial charge in [-0.1, -0.05) is 35.8 Å². The van der Waals surface area contributed by atoms with Crippen LogP contribution in [0, 0.1) is 12.8 Å². The van der Waals surface area contributed by atoms with Crippen molar-refractivity contribution in [2.24, 2.45) is 11.7 Å².